The molecule has 1 aliphatic heterocycles. The van der Waals surface area contributed by atoms with Gasteiger partial charge in [-0.1, -0.05) is 25.0 Å². The van der Waals surface area contributed by atoms with E-state index in [-0.39, 0.29) is 24.1 Å². The summed E-state index contributed by atoms with van der Waals surface area (Å²) in [4.78, 5) is 24.3. The van der Waals surface area contributed by atoms with Crippen LogP contribution in [0.15, 0.2) is 48.5 Å². The second kappa shape index (κ2) is 8.90. The molecule has 2 aliphatic rings. The molecule has 0 N–H and O–H groups in total. The minimum absolute atomic E-state index is 0.00902. The molecule has 2 aromatic carbocycles. The fourth-order valence-corrected chi connectivity index (χ4v) is 4.78. The molecule has 5 nitrogen and oxygen atoms in total. The van der Waals surface area contributed by atoms with Gasteiger partial charge in [-0.25, -0.2) is 0 Å². The summed E-state index contributed by atoms with van der Waals surface area (Å²) in [6.07, 6.45) is 6.01. The zero-order valence-corrected chi connectivity index (χ0v) is 17.4. The molecule has 0 bridgehead atoms. The molecule has 0 spiro atoms. The highest BCUT2D eigenvalue weighted by atomic mass is 16.6. The lowest BCUT2D eigenvalue weighted by atomic mass is 9.76. The number of hydrogen-bond donors (Lipinski definition) is 0. The lowest BCUT2D eigenvalue weighted by molar-refractivity contribution is -0.178. The van der Waals surface area contributed by atoms with Gasteiger partial charge < -0.3 is 14.2 Å². The number of methoxy groups -OCH3 is 1. The summed E-state index contributed by atoms with van der Waals surface area (Å²) < 4.78 is 17.0. The molecule has 1 atom stereocenters. The SMILES string of the molecule is COc1ccc(Oc2cccc(CCC3(C4CCCC4)CC(=O)CC(=O)O3)c2)cc1. The van der Waals surface area contributed by atoms with Gasteiger partial charge in [-0.05, 0) is 73.6 Å². The Kier molecular flexibility index (Phi) is 6.07. The number of Topliss-reactive ketones (excluding diaryl/α,β-unsaturated/α-hetero) is 1. The molecule has 2 aromatic rings. The van der Waals surface area contributed by atoms with Gasteiger partial charge in [0, 0.05) is 6.42 Å². The second-order valence-corrected chi connectivity index (χ2v) is 8.34. The maximum Gasteiger partial charge on any atom is 0.313 e. The summed E-state index contributed by atoms with van der Waals surface area (Å²) in [5.41, 5.74) is 0.461. The fraction of sp³-hybridized carbons (Fsp3) is 0.440. The molecule has 1 saturated heterocycles. The molecular formula is C25H28O5. The lowest BCUT2D eigenvalue weighted by Gasteiger charge is -2.41. The van der Waals surface area contributed by atoms with Crippen molar-refractivity contribution in [1.29, 1.82) is 0 Å². The van der Waals surface area contributed by atoms with Crippen molar-refractivity contribution in [2.45, 2.75) is 57.0 Å². The minimum Gasteiger partial charge on any atom is -0.497 e. The standard InChI is InChI=1S/C25H28O5/c1-28-21-9-11-22(12-10-21)29-23-8-4-5-18(15-23)13-14-25(19-6-2-3-7-19)17-20(26)16-24(27)30-25/h4-5,8-12,15,19H,2-3,6-7,13-14,16-17H2,1H3. The van der Waals surface area contributed by atoms with Crippen LogP contribution in [0.3, 0.4) is 0 Å². The Morgan fingerprint density at radius 3 is 2.43 bits per heavy atom. The van der Waals surface area contributed by atoms with Crippen molar-refractivity contribution in [2.75, 3.05) is 7.11 Å². The lowest BCUT2D eigenvalue weighted by Crippen LogP contribution is -2.48. The van der Waals surface area contributed by atoms with E-state index in [0.717, 1.165) is 54.9 Å². The number of carbonyl (C=O) groups excluding carboxylic acids is 2. The molecule has 1 aliphatic carbocycles. The predicted octanol–water partition coefficient (Wildman–Crippen LogP) is 5.26. The minimum atomic E-state index is -0.643. The van der Waals surface area contributed by atoms with Gasteiger partial charge in [-0.3, -0.25) is 9.59 Å². The molecule has 30 heavy (non-hydrogen) atoms. The average molecular weight is 408 g/mol. The topological polar surface area (TPSA) is 61.8 Å². The van der Waals surface area contributed by atoms with Crippen LogP contribution in [0.4, 0.5) is 0 Å². The Labute approximate surface area is 177 Å². The van der Waals surface area contributed by atoms with Crippen molar-refractivity contribution in [3.05, 3.63) is 54.1 Å². The van der Waals surface area contributed by atoms with E-state index < -0.39 is 5.60 Å². The van der Waals surface area contributed by atoms with E-state index in [2.05, 4.69) is 6.07 Å². The monoisotopic (exact) mass is 408 g/mol. The Morgan fingerprint density at radius 1 is 1.00 bits per heavy atom. The Morgan fingerprint density at radius 2 is 1.73 bits per heavy atom. The molecule has 1 unspecified atom stereocenters. The van der Waals surface area contributed by atoms with E-state index in [4.69, 9.17) is 14.2 Å². The highest BCUT2D eigenvalue weighted by molar-refractivity contribution is 5.98. The van der Waals surface area contributed by atoms with E-state index in [1.165, 1.54) is 0 Å². The third-order valence-corrected chi connectivity index (χ3v) is 6.28. The summed E-state index contributed by atoms with van der Waals surface area (Å²) in [7, 11) is 1.63. The zero-order valence-electron chi connectivity index (χ0n) is 17.4. The molecule has 0 amide bonds. The van der Waals surface area contributed by atoms with E-state index in [0.29, 0.717) is 12.8 Å². The molecule has 1 saturated carbocycles. The van der Waals surface area contributed by atoms with Crippen LogP contribution in [-0.2, 0) is 20.7 Å². The molecule has 0 radical (unpaired) electrons. The summed E-state index contributed by atoms with van der Waals surface area (Å²) >= 11 is 0. The number of rotatable bonds is 7. The maximum absolute atomic E-state index is 12.2. The van der Waals surface area contributed by atoms with Gasteiger partial charge in [0.1, 0.15) is 35.1 Å². The van der Waals surface area contributed by atoms with Crippen LogP contribution in [-0.4, -0.2) is 24.5 Å². The van der Waals surface area contributed by atoms with Crippen molar-refractivity contribution in [3.8, 4) is 17.2 Å². The van der Waals surface area contributed by atoms with Gasteiger partial charge in [-0.15, -0.1) is 0 Å². The third kappa shape index (κ3) is 4.66. The molecule has 4 rings (SSSR count). The number of cyclic esters (lactones) is 1. The van der Waals surface area contributed by atoms with Crippen LogP contribution in [0.25, 0.3) is 0 Å². The molecule has 158 valence electrons. The average Bonchev–Trinajstić information content (AvgIpc) is 3.28. The van der Waals surface area contributed by atoms with Crippen LogP contribution in [0.5, 0.6) is 17.2 Å². The van der Waals surface area contributed by atoms with Gasteiger partial charge in [0.25, 0.3) is 0 Å². The van der Waals surface area contributed by atoms with Crippen molar-refractivity contribution in [2.24, 2.45) is 5.92 Å². The summed E-state index contributed by atoms with van der Waals surface area (Å²) in [6.45, 7) is 0. The smallest absolute Gasteiger partial charge is 0.313 e. The van der Waals surface area contributed by atoms with Gasteiger partial charge in [0.15, 0.2) is 0 Å². The largest absolute Gasteiger partial charge is 0.497 e. The quantitative estimate of drug-likeness (QED) is 0.462. The molecular weight excluding hydrogens is 380 g/mol. The van der Waals surface area contributed by atoms with Crippen molar-refractivity contribution >= 4 is 11.8 Å². The van der Waals surface area contributed by atoms with Crippen LogP contribution >= 0.6 is 0 Å². The fourth-order valence-electron chi connectivity index (χ4n) is 4.78. The highest BCUT2D eigenvalue weighted by Gasteiger charge is 2.47. The first-order valence-electron chi connectivity index (χ1n) is 10.7. The van der Waals surface area contributed by atoms with Crippen LogP contribution in [0, 0.1) is 5.92 Å². The summed E-state index contributed by atoms with van der Waals surface area (Å²) in [5.74, 6) is 2.20. The van der Waals surface area contributed by atoms with Crippen LogP contribution in [0.2, 0.25) is 0 Å². The van der Waals surface area contributed by atoms with Gasteiger partial charge in [-0.2, -0.15) is 0 Å². The van der Waals surface area contributed by atoms with Crippen molar-refractivity contribution in [1.82, 2.24) is 0 Å². The Balaban J connectivity index is 1.46. The van der Waals surface area contributed by atoms with Crippen molar-refractivity contribution in [3.63, 3.8) is 0 Å². The Hall–Kier alpha value is -2.82. The number of ketones is 1. The first-order chi connectivity index (χ1) is 14.6. The highest BCUT2D eigenvalue weighted by Crippen LogP contribution is 2.44. The molecule has 0 aromatic heterocycles. The molecule has 2 fully saturated rings. The van der Waals surface area contributed by atoms with Gasteiger partial charge in [0.2, 0.25) is 0 Å². The summed E-state index contributed by atoms with van der Waals surface area (Å²) in [6, 6.07) is 15.4. The number of esters is 1. The first kappa shape index (κ1) is 20.5. The number of carbonyl (C=O) groups is 2. The van der Waals surface area contributed by atoms with Crippen LogP contribution in [0.1, 0.15) is 50.5 Å². The number of hydrogen-bond acceptors (Lipinski definition) is 5. The Bertz CT molecular complexity index is 880. The zero-order chi connectivity index (χ0) is 21.0. The summed E-state index contributed by atoms with van der Waals surface area (Å²) in [5, 5.41) is 0. The van der Waals surface area contributed by atoms with E-state index in [1.807, 2.05) is 42.5 Å². The van der Waals surface area contributed by atoms with Gasteiger partial charge in [0.05, 0.1) is 7.11 Å². The molecule has 1 heterocycles. The number of aryl methyl sites for hydroxylation is 1. The van der Waals surface area contributed by atoms with E-state index >= 15 is 0 Å². The van der Waals surface area contributed by atoms with E-state index in [9.17, 15) is 9.59 Å². The number of ether oxygens (including phenoxy) is 3. The maximum atomic E-state index is 12.2. The second-order valence-electron chi connectivity index (χ2n) is 8.34. The van der Waals surface area contributed by atoms with Gasteiger partial charge >= 0.3 is 5.97 Å². The molecule has 5 heteroatoms. The normalized spacial score (nSPS) is 22.0. The first-order valence-corrected chi connectivity index (χ1v) is 10.7. The number of benzene rings is 2. The predicted molar refractivity (Wildman–Crippen MR) is 113 cm³/mol. The third-order valence-electron chi connectivity index (χ3n) is 6.28. The van der Waals surface area contributed by atoms with Crippen LogP contribution < -0.4 is 9.47 Å². The van der Waals surface area contributed by atoms with Crippen molar-refractivity contribution < 1.29 is 23.8 Å². The van der Waals surface area contributed by atoms with E-state index in [1.54, 1.807) is 7.11 Å².